The molecule has 0 fully saturated rings. The lowest BCUT2D eigenvalue weighted by Crippen LogP contribution is -2.33. The summed E-state index contributed by atoms with van der Waals surface area (Å²) in [5.74, 6) is 0.415. The van der Waals surface area contributed by atoms with E-state index in [4.69, 9.17) is 5.73 Å². The molecule has 18 heavy (non-hydrogen) atoms. The van der Waals surface area contributed by atoms with Gasteiger partial charge in [-0.1, -0.05) is 43.7 Å². The van der Waals surface area contributed by atoms with E-state index in [-0.39, 0.29) is 11.8 Å². The average molecular weight is 248 g/mol. The van der Waals surface area contributed by atoms with Crippen LogP contribution in [0.3, 0.4) is 0 Å². The van der Waals surface area contributed by atoms with Crippen LogP contribution in [-0.2, 0) is 4.79 Å². The van der Waals surface area contributed by atoms with E-state index in [9.17, 15) is 4.79 Å². The maximum atomic E-state index is 12.2. The first-order chi connectivity index (χ1) is 8.54. The first kappa shape index (κ1) is 14.7. The molecule has 0 aromatic heterocycles. The van der Waals surface area contributed by atoms with Gasteiger partial charge in [0.25, 0.3) is 0 Å². The van der Waals surface area contributed by atoms with Gasteiger partial charge in [-0.15, -0.1) is 0 Å². The van der Waals surface area contributed by atoms with E-state index in [0.717, 1.165) is 5.56 Å². The highest BCUT2D eigenvalue weighted by Crippen LogP contribution is 2.20. The Morgan fingerprint density at radius 1 is 1.39 bits per heavy atom. The SMILES string of the molecule is Cc1cccc(C(CCN)C(=O)NCC(C)C)c1. The molecule has 3 heteroatoms. The molecule has 3 N–H and O–H groups in total. The molecule has 0 saturated heterocycles. The Kier molecular flexibility index (Phi) is 5.86. The molecular weight excluding hydrogens is 224 g/mol. The van der Waals surface area contributed by atoms with Crippen LogP contribution in [0.2, 0.25) is 0 Å². The molecule has 1 rings (SSSR count). The Morgan fingerprint density at radius 2 is 2.11 bits per heavy atom. The van der Waals surface area contributed by atoms with Gasteiger partial charge in [0.2, 0.25) is 5.91 Å². The molecule has 0 saturated carbocycles. The van der Waals surface area contributed by atoms with Gasteiger partial charge in [-0.25, -0.2) is 0 Å². The summed E-state index contributed by atoms with van der Waals surface area (Å²) in [6.45, 7) is 7.45. The average Bonchev–Trinajstić information content (AvgIpc) is 2.33. The van der Waals surface area contributed by atoms with E-state index in [0.29, 0.717) is 25.4 Å². The van der Waals surface area contributed by atoms with Crippen molar-refractivity contribution in [3.63, 3.8) is 0 Å². The van der Waals surface area contributed by atoms with Gasteiger partial charge >= 0.3 is 0 Å². The Labute approximate surface area is 110 Å². The molecule has 3 nitrogen and oxygen atoms in total. The Morgan fingerprint density at radius 3 is 2.67 bits per heavy atom. The van der Waals surface area contributed by atoms with E-state index < -0.39 is 0 Å². The molecule has 0 aliphatic heterocycles. The molecule has 0 radical (unpaired) electrons. The van der Waals surface area contributed by atoms with Crippen LogP contribution in [0.5, 0.6) is 0 Å². The van der Waals surface area contributed by atoms with Crippen molar-refractivity contribution in [2.45, 2.75) is 33.1 Å². The fourth-order valence-electron chi connectivity index (χ4n) is 1.93. The second-order valence-corrected chi connectivity index (χ2v) is 5.18. The number of benzene rings is 1. The van der Waals surface area contributed by atoms with E-state index >= 15 is 0 Å². The van der Waals surface area contributed by atoms with Crippen molar-refractivity contribution in [2.75, 3.05) is 13.1 Å². The summed E-state index contributed by atoms with van der Waals surface area (Å²) in [5.41, 5.74) is 7.85. The third-order valence-corrected chi connectivity index (χ3v) is 2.90. The van der Waals surface area contributed by atoms with Crippen LogP contribution >= 0.6 is 0 Å². The second-order valence-electron chi connectivity index (χ2n) is 5.18. The number of hydrogen-bond donors (Lipinski definition) is 2. The highest BCUT2D eigenvalue weighted by molar-refractivity contribution is 5.83. The number of nitrogens with two attached hydrogens (primary N) is 1. The maximum Gasteiger partial charge on any atom is 0.227 e. The van der Waals surface area contributed by atoms with Gasteiger partial charge in [-0.2, -0.15) is 0 Å². The summed E-state index contributed by atoms with van der Waals surface area (Å²) in [6, 6.07) is 8.09. The Hall–Kier alpha value is -1.35. The summed E-state index contributed by atoms with van der Waals surface area (Å²) < 4.78 is 0. The summed E-state index contributed by atoms with van der Waals surface area (Å²) in [7, 11) is 0. The van der Waals surface area contributed by atoms with E-state index in [2.05, 4.69) is 25.2 Å². The molecule has 0 aliphatic carbocycles. The lowest BCUT2D eigenvalue weighted by molar-refractivity contribution is -0.122. The quantitative estimate of drug-likeness (QED) is 0.811. The zero-order valence-electron chi connectivity index (χ0n) is 11.6. The maximum absolute atomic E-state index is 12.2. The number of aryl methyl sites for hydroxylation is 1. The third-order valence-electron chi connectivity index (χ3n) is 2.90. The zero-order valence-corrected chi connectivity index (χ0v) is 11.6. The van der Waals surface area contributed by atoms with Gasteiger partial charge in [-0.05, 0) is 31.4 Å². The molecular formula is C15H24N2O. The van der Waals surface area contributed by atoms with E-state index in [1.165, 1.54) is 5.56 Å². The van der Waals surface area contributed by atoms with Crippen LogP contribution in [0.4, 0.5) is 0 Å². The molecule has 0 spiro atoms. The van der Waals surface area contributed by atoms with Crippen molar-refractivity contribution in [3.8, 4) is 0 Å². The minimum atomic E-state index is -0.131. The topological polar surface area (TPSA) is 55.1 Å². The van der Waals surface area contributed by atoms with Crippen molar-refractivity contribution in [3.05, 3.63) is 35.4 Å². The Bertz CT molecular complexity index is 388. The number of nitrogens with one attached hydrogen (secondary N) is 1. The summed E-state index contributed by atoms with van der Waals surface area (Å²) in [5, 5.41) is 2.99. The monoisotopic (exact) mass is 248 g/mol. The van der Waals surface area contributed by atoms with Crippen molar-refractivity contribution in [1.82, 2.24) is 5.32 Å². The number of hydrogen-bond acceptors (Lipinski definition) is 2. The molecule has 1 unspecified atom stereocenters. The molecule has 1 aromatic rings. The zero-order chi connectivity index (χ0) is 13.5. The van der Waals surface area contributed by atoms with Gasteiger partial charge in [-0.3, -0.25) is 4.79 Å². The normalized spacial score (nSPS) is 12.5. The van der Waals surface area contributed by atoms with Gasteiger partial charge in [0.05, 0.1) is 5.92 Å². The number of amides is 1. The summed E-state index contributed by atoms with van der Waals surface area (Å²) in [4.78, 5) is 12.2. The van der Waals surface area contributed by atoms with Crippen LogP contribution in [0.15, 0.2) is 24.3 Å². The third kappa shape index (κ3) is 4.49. The first-order valence-corrected chi connectivity index (χ1v) is 6.59. The van der Waals surface area contributed by atoms with Crippen molar-refractivity contribution in [2.24, 2.45) is 11.7 Å². The largest absolute Gasteiger partial charge is 0.355 e. The lowest BCUT2D eigenvalue weighted by atomic mass is 9.93. The minimum absolute atomic E-state index is 0.0831. The van der Waals surface area contributed by atoms with Crippen LogP contribution < -0.4 is 11.1 Å². The smallest absolute Gasteiger partial charge is 0.227 e. The van der Waals surface area contributed by atoms with E-state index in [1.54, 1.807) is 0 Å². The highest BCUT2D eigenvalue weighted by atomic mass is 16.1. The second kappa shape index (κ2) is 7.17. The van der Waals surface area contributed by atoms with Gasteiger partial charge in [0, 0.05) is 6.54 Å². The van der Waals surface area contributed by atoms with Crippen molar-refractivity contribution >= 4 is 5.91 Å². The van der Waals surface area contributed by atoms with Crippen LogP contribution in [0, 0.1) is 12.8 Å². The first-order valence-electron chi connectivity index (χ1n) is 6.59. The fourth-order valence-corrected chi connectivity index (χ4v) is 1.93. The molecule has 1 atom stereocenters. The molecule has 1 amide bonds. The number of carbonyl (C=O) groups is 1. The molecule has 0 aliphatic rings. The summed E-state index contributed by atoms with van der Waals surface area (Å²) >= 11 is 0. The van der Waals surface area contributed by atoms with Gasteiger partial charge < -0.3 is 11.1 Å². The summed E-state index contributed by atoms with van der Waals surface area (Å²) in [6.07, 6.45) is 0.688. The van der Waals surface area contributed by atoms with E-state index in [1.807, 2.05) is 25.1 Å². The predicted octanol–water partition coefficient (Wildman–Crippen LogP) is 2.20. The predicted molar refractivity (Wildman–Crippen MR) is 75.4 cm³/mol. The highest BCUT2D eigenvalue weighted by Gasteiger charge is 2.19. The number of carbonyl (C=O) groups excluding carboxylic acids is 1. The van der Waals surface area contributed by atoms with Crippen molar-refractivity contribution in [1.29, 1.82) is 0 Å². The van der Waals surface area contributed by atoms with Crippen LogP contribution in [0.1, 0.15) is 37.3 Å². The van der Waals surface area contributed by atoms with Crippen molar-refractivity contribution < 1.29 is 4.79 Å². The minimum Gasteiger partial charge on any atom is -0.355 e. The van der Waals surface area contributed by atoms with Crippen LogP contribution in [0.25, 0.3) is 0 Å². The fraction of sp³-hybridized carbons (Fsp3) is 0.533. The molecule has 0 bridgehead atoms. The standard InChI is InChI=1S/C15H24N2O/c1-11(2)10-17-15(18)14(7-8-16)13-6-4-5-12(3)9-13/h4-6,9,11,14H,7-8,10,16H2,1-3H3,(H,17,18). The molecule has 100 valence electrons. The van der Waals surface area contributed by atoms with Gasteiger partial charge in [0.15, 0.2) is 0 Å². The lowest BCUT2D eigenvalue weighted by Gasteiger charge is -2.18. The molecule has 0 heterocycles. The Balaban J connectivity index is 2.78. The molecule has 1 aromatic carbocycles. The number of rotatable bonds is 6. The van der Waals surface area contributed by atoms with Gasteiger partial charge in [0.1, 0.15) is 0 Å². The van der Waals surface area contributed by atoms with Crippen LogP contribution in [-0.4, -0.2) is 19.0 Å².